The van der Waals surface area contributed by atoms with Gasteiger partial charge in [0, 0.05) is 5.69 Å². The molecule has 1 aromatic carbocycles. The fourth-order valence-corrected chi connectivity index (χ4v) is 0.825. The molecule has 72 valence electrons. The molecule has 0 saturated carbocycles. The van der Waals surface area contributed by atoms with Crippen molar-refractivity contribution in [2.75, 3.05) is 5.32 Å². The standard InChI is InChI=1S/C9H6F2N2O/c10-8(11)9(14)13-7-3-1-6(5-12)2-4-7/h1-4,8H,(H,13,14). The molecule has 0 atom stereocenters. The maximum absolute atomic E-state index is 11.8. The van der Waals surface area contributed by atoms with Crippen LogP contribution in [0.3, 0.4) is 0 Å². The van der Waals surface area contributed by atoms with Crippen LogP contribution in [0, 0.1) is 11.3 Å². The molecule has 0 fully saturated rings. The number of halogens is 2. The van der Waals surface area contributed by atoms with Gasteiger partial charge in [0.15, 0.2) is 0 Å². The van der Waals surface area contributed by atoms with E-state index in [-0.39, 0.29) is 5.69 Å². The quantitative estimate of drug-likeness (QED) is 0.783. The fraction of sp³-hybridized carbons (Fsp3) is 0.111. The van der Waals surface area contributed by atoms with Gasteiger partial charge in [-0.1, -0.05) is 0 Å². The monoisotopic (exact) mass is 196 g/mol. The summed E-state index contributed by atoms with van der Waals surface area (Å²) in [6, 6.07) is 7.51. The molecule has 0 radical (unpaired) electrons. The molecule has 1 aromatic rings. The highest BCUT2D eigenvalue weighted by Gasteiger charge is 2.14. The lowest BCUT2D eigenvalue weighted by Crippen LogP contribution is -2.19. The van der Waals surface area contributed by atoms with Crippen molar-refractivity contribution in [1.82, 2.24) is 0 Å². The Balaban J connectivity index is 2.70. The normalized spacial score (nSPS) is 9.57. The van der Waals surface area contributed by atoms with Crippen molar-refractivity contribution in [3.05, 3.63) is 29.8 Å². The number of anilines is 1. The molecule has 14 heavy (non-hydrogen) atoms. The van der Waals surface area contributed by atoms with E-state index in [2.05, 4.69) is 0 Å². The molecule has 0 bridgehead atoms. The minimum atomic E-state index is -3.04. The maximum atomic E-state index is 11.8. The molecule has 0 saturated heterocycles. The molecule has 1 rings (SSSR count). The lowest BCUT2D eigenvalue weighted by Gasteiger charge is -2.03. The minimum absolute atomic E-state index is 0.245. The zero-order valence-electron chi connectivity index (χ0n) is 7.00. The number of amides is 1. The van der Waals surface area contributed by atoms with Gasteiger partial charge in [-0.15, -0.1) is 0 Å². The summed E-state index contributed by atoms with van der Waals surface area (Å²) in [6.45, 7) is 0. The summed E-state index contributed by atoms with van der Waals surface area (Å²) in [5.41, 5.74) is 0.648. The second kappa shape index (κ2) is 4.33. The van der Waals surface area contributed by atoms with Gasteiger partial charge in [-0.2, -0.15) is 14.0 Å². The Morgan fingerprint density at radius 1 is 1.36 bits per heavy atom. The molecule has 0 aliphatic carbocycles. The number of nitrogens with one attached hydrogen (secondary N) is 1. The van der Waals surface area contributed by atoms with E-state index < -0.39 is 12.3 Å². The number of nitrogens with zero attached hydrogens (tertiary/aromatic N) is 1. The lowest BCUT2D eigenvalue weighted by atomic mass is 10.2. The Hall–Kier alpha value is -1.96. The highest BCUT2D eigenvalue weighted by atomic mass is 19.3. The summed E-state index contributed by atoms with van der Waals surface area (Å²) >= 11 is 0. The molecule has 0 unspecified atom stereocenters. The Bertz CT molecular complexity index is 367. The molecule has 1 amide bonds. The van der Waals surface area contributed by atoms with Gasteiger partial charge in [0.05, 0.1) is 11.6 Å². The van der Waals surface area contributed by atoms with E-state index in [0.29, 0.717) is 5.56 Å². The number of alkyl halides is 2. The van der Waals surface area contributed by atoms with E-state index in [4.69, 9.17) is 5.26 Å². The van der Waals surface area contributed by atoms with E-state index in [9.17, 15) is 13.6 Å². The predicted molar refractivity (Wildman–Crippen MR) is 45.8 cm³/mol. The van der Waals surface area contributed by atoms with E-state index >= 15 is 0 Å². The van der Waals surface area contributed by atoms with Crippen LogP contribution in [0.25, 0.3) is 0 Å². The van der Waals surface area contributed by atoms with Gasteiger partial charge in [-0.3, -0.25) is 4.79 Å². The highest BCUT2D eigenvalue weighted by molar-refractivity contribution is 5.93. The number of carbonyl (C=O) groups excluding carboxylic acids is 1. The third-order valence-corrected chi connectivity index (χ3v) is 1.48. The number of rotatable bonds is 2. The van der Waals surface area contributed by atoms with Crippen molar-refractivity contribution in [3.63, 3.8) is 0 Å². The van der Waals surface area contributed by atoms with Crippen LogP contribution in [0.1, 0.15) is 5.56 Å². The Morgan fingerprint density at radius 3 is 2.36 bits per heavy atom. The number of hydrogen-bond donors (Lipinski definition) is 1. The van der Waals surface area contributed by atoms with Crippen LogP contribution in [-0.2, 0) is 4.79 Å². The van der Waals surface area contributed by atoms with E-state index in [1.165, 1.54) is 24.3 Å². The van der Waals surface area contributed by atoms with Crippen LogP contribution in [0.5, 0.6) is 0 Å². The second-order valence-electron chi connectivity index (χ2n) is 2.48. The molecule has 5 heteroatoms. The van der Waals surface area contributed by atoms with Crippen molar-refractivity contribution in [2.45, 2.75) is 6.43 Å². The third kappa shape index (κ3) is 2.52. The number of carbonyl (C=O) groups is 1. The molecule has 0 spiro atoms. The van der Waals surface area contributed by atoms with Crippen LogP contribution in [0.2, 0.25) is 0 Å². The largest absolute Gasteiger partial charge is 0.321 e. The van der Waals surface area contributed by atoms with Gasteiger partial charge < -0.3 is 5.32 Å². The zero-order chi connectivity index (χ0) is 10.6. The van der Waals surface area contributed by atoms with E-state index in [1.54, 1.807) is 0 Å². The summed E-state index contributed by atoms with van der Waals surface area (Å²) in [7, 11) is 0. The van der Waals surface area contributed by atoms with Crippen LogP contribution in [0.15, 0.2) is 24.3 Å². The first-order chi connectivity index (χ1) is 6.63. The lowest BCUT2D eigenvalue weighted by molar-refractivity contribution is -0.126. The predicted octanol–water partition coefficient (Wildman–Crippen LogP) is 1.76. The molecule has 0 heterocycles. The average Bonchev–Trinajstić information content (AvgIpc) is 2.19. The Kier molecular flexibility index (Phi) is 3.13. The van der Waals surface area contributed by atoms with Gasteiger partial charge in [-0.05, 0) is 24.3 Å². The van der Waals surface area contributed by atoms with E-state index in [1.807, 2.05) is 11.4 Å². The van der Waals surface area contributed by atoms with Gasteiger partial charge in [-0.25, -0.2) is 0 Å². The van der Waals surface area contributed by atoms with Crippen molar-refractivity contribution in [1.29, 1.82) is 5.26 Å². The smallest absolute Gasteiger partial charge is 0.315 e. The zero-order valence-corrected chi connectivity index (χ0v) is 7.00. The first-order valence-electron chi connectivity index (χ1n) is 3.72. The van der Waals surface area contributed by atoms with Crippen molar-refractivity contribution in [3.8, 4) is 6.07 Å². The number of hydrogen-bond acceptors (Lipinski definition) is 2. The molecule has 0 aliphatic rings. The first kappa shape index (κ1) is 10.1. The van der Waals surface area contributed by atoms with Crippen LogP contribution >= 0.6 is 0 Å². The topological polar surface area (TPSA) is 52.9 Å². The van der Waals surface area contributed by atoms with E-state index in [0.717, 1.165) is 0 Å². The summed E-state index contributed by atoms with van der Waals surface area (Å²) in [5, 5.41) is 10.4. The second-order valence-corrected chi connectivity index (χ2v) is 2.48. The number of nitriles is 1. The van der Waals surface area contributed by atoms with Crippen LogP contribution < -0.4 is 5.32 Å². The van der Waals surface area contributed by atoms with Gasteiger partial charge in [0.1, 0.15) is 0 Å². The van der Waals surface area contributed by atoms with Crippen molar-refractivity contribution < 1.29 is 13.6 Å². The van der Waals surface area contributed by atoms with Gasteiger partial charge >= 0.3 is 6.43 Å². The first-order valence-corrected chi connectivity index (χ1v) is 3.72. The fourth-order valence-electron chi connectivity index (χ4n) is 0.825. The van der Waals surface area contributed by atoms with Gasteiger partial charge in [0.25, 0.3) is 5.91 Å². The molecular weight excluding hydrogens is 190 g/mol. The van der Waals surface area contributed by atoms with Gasteiger partial charge in [0.2, 0.25) is 0 Å². The van der Waals surface area contributed by atoms with Crippen LogP contribution in [0.4, 0.5) is 14.5 Å². The molecular formula is C9H6F2N2O. The maximum Gasteiger partial charge on any atom is 0.315 e. The molecule has 0 aliphatic heterocycles. The summed E-state index contributed by atoms with van der Waals surface area (Å²) in [5.74, 6) is -1.35. The van der Waals surface area contributed by atoms with Crippen LogP contribution in [-0.4, -0.2) is 12.3 Å². The number of benzene rings is 1. The SMILES string of the molecule is N#Cc1ccc(NC(=O)C(F)F)cc1. The summed E-state index contributed by atoms with van der Waals surface area (Å²) < 4.78 is 23.6. The average molecular weight is 196 g/mol. The summed E-state index contributed by atoms with van der Waals surface area (Å²) in [4.78, 5) is 10.5. The minimum Gasteiger partial charge on any atom is -0.321 e. The van der Waals surface area contributed by atoms with Crippen molar-refractivity contribution >= 4 is 11.6 Å². The molecule has 1 N–H and O–H groups in total. The molecule has 3 nitrogen and oxygen atoms in total. The Morgan fingerprint density at radius 2 is 1.93 bits per heavy atom. The Labute approximate surface area is 79.0 Å². The van der Waals surface area contributed by atoms with Crippen molar-refractivity contribution in [2.24, 2.45) is 0 Å². The third-order valence-electron chi connectivity index (χ3n) is 1.48. The molecule has 0 aromatic heterocycles. The summed E-state index contributed by atoms with van der Waals surface area (Å²) in [6.07, 6.45) is -3.04. The highest BCUT2D eigenvalue weighted by Crippen LogP contribution is 2.09.